The summed E-state index contributed by atoms with van der Waals surface area (Å²) in [7, 11) is 0. The van der Waals surface area contributed by atoms with Crippen molar-refractivity contribution < 1.29 is 4.74 Å². The third kappa shape index (κ3) is 3.00. The van der Waals surface area contributed by atoms with E-state index in [1.807, 2.05) is 53.5 Å². The molecule has 0 atom stereocenters. The normalized spacial score (nSPS) is 13.2. The highest BCUT2D eigenvalue weighted by Crippen LogP contribution is 2.44. The van der Waals surface area contributed by atoms with Crippen LogP contribution >= 0.6 is 23.2 Å². The van der Waals surface area contributed by atoms with Crippen molar-refractivity contribution in [1.82, 2.24) is 14.9 Å². The second kappa shape index (κ2) is 6.48. The van der Waals surface area contributed by atoms with E-state index in [1.54, 1.807) is 6.20 Å². The van der Waals surface area contributed by atoms with Crippen LogP contribution in [-0.2, 0) is 6.54 Å². The Kier molecular flexibility index (Phi) is 4.19. The molecule has 4 nitrogen and oxygen atoms in total. The van der Waals surface area contributed by atoms with Crippen molar-refractivity contribution >= 4 is 23.2 Å². The fraction of sp³-hybridized carbons (Fsp3) is 0.167. The van der Waals surface area contributed by atoms with E-state index in [0.29, 0.717) is 10.0 Å². The standard InChI is InChI=1S/C18H15Cl2N3O/c19-12-1-3-14-16(9-12)24-17-10-13(20)2-4-15(17)18(14)22-6-8-23-7-5-21-11-23/h1-5,7,9-11,18,22H,6,8H2. The second-order valence-corrected chi connectivity index (χ2v) is 6.53. The third-order valence-electron chi connectivity index (χ3n) is 4.07. The first kappa shape index (κ1) is 15.5. The summed E-state index contributed by atoms with van der Waals surface area (Å²) in [6.45, 7) is 1.63. The average Bonchev–Trinajstić information content (AvgIpc) is 3.07. The molecule has 0 aliphatic carbocycles. The molecular formula is C18H15Cl2N3O. The Morgan fingerprint density at radius 1 is 1.04 bits per heavy atom. The van der Waals surface area contributed by atoms with Gasteiger partial charge in [-0.05, 0) is 24.3 Å². The van der Waals surface area contributed by atoms with E-state index in [9.17, 15) is 0 Å². The maximum atomic E-state index is 6.12. The van der Waals surface area contributed by atoms with Crippen LogP contribution in [0.3, 0.4) is 0 Å². The van der Waals surface area contributed by atoms with Crippen LogP contribution < -0.4 is 10.1 Å². The Morgan fingerprint density at radius 2 is 1.71 bits per heavy atom. The van der Waals surface area contributed by atoms with Gasteiger partial charge in [0.2, 0.25) is 0 Å². The van der Waals surface area contributed by atoms with E-state index in [-0.39, 0.29) is 6.04 Å². The number of imidazole rings is 1. The molecule has 0 radical (unpaired) electrons. The van der Waals surface area contributed by atoms with E-state index >= 15 is 0 Å². The molecule has 0 amide bonds. The molecule has 122 valence electrons. The van der Waals surface area contributed by atoms with Crippen LogP contribution in [0.15, 0.2) is 55.1 Å². The minimum atomic E-state index is 0.0294. The highest BCUT2D eigenvalue weighted by atomic mass is 35.5. The van der Waals surface area contributed by atoms with E-state index in [1.165, 1.54) is 0 Å². The summed E-state index contributed by atoms with van der Waals surface area (Å²) in [6, 6.07) is 11.5. The number of rotatable bonds is 4. The molecule has 0 saturated heterocycles. The van der Waals surface area contributed by atoms with E-state index in [0.717, 1.165) is 35.7 Å². The first-order chi connectivity index (χ1) is 11.7. The minimum Gasteiger partial charge on any atom is -0.457 e. The molecule has 4 rings (SSSR count). The largest absolute Gasteiger partial charge is 0.457 e. The highest BCUT2D eigenvalue weighted by molar-refractivity contribution is 6.31. The van der Waals surface area contributed by atoms with Gasteiger partial charge in [0.1, 0.15) is 11.5 Å². The van der Waals surface area contributed by atoms with Crippen molar-refractivity contribution in [2.75, 3.05) is 6.54 Å². The molecule has 0 spiro atoms. The van der Waals surface area contributed by atoms with Crippen LogP contribution in [0.25, 0.3) is 0 Å². The molecule has 6 heteroatoms. The Labute approximate surface area is 150 Å². The van der Waals surface area contributed by atoms with Gasteiger partial charge in [-0.15, -0.1) is 0 Å². The maximum absolute atomic E-state index is 6.12. The average molecular weight is 360 g/mol. The summed E-state index contributed by atoms with van der Waals surface area (Å²) < 4.78 is 8.04. The number of hydrogen-bond acceptors (Lipinski definition) is 3. The Morgan fingerprint density at radius 3 is 2.29 bits per heavy atom. The van der Waals surface area contributed by atoms with Crippen LogP contribution in [0.1, 0.15) is 17.2 Å². The van der Waals surface area contributed by atoms with Gasteiger partial charge in [-0.1, -0.05) is 35.3 Å². The molecule has 24 heavy (non-hydrogen) atoms. The van der Waals surface area contributed by atoms with Crippen LogP contribution in [0.5, 0.6) is 11.5 Å². The Bertz CT molecular complexity index is 813. The van der Waals surface area contributed by atoms with E-state index in [4.69, 9.17) is 27.9 Å². The predicted octanol–water partition coefficient (Wildman–Crippen LogP) is 4.67. The monoisotopic (exact) mass is 359 g/mol. The van der Waals surface area contributed by atoms with Crippen molar-refractivity contribution in [1.29, 1.82) is 0 Å². The van der Waals surface area contributed by atoms with Crippen molar-refractivity contribution in [2.45, 2.75) is 12.6 Å². The number of nitrogens with one attached hydrogen (secondary N) is 1. The molecule has 1 N–H and O–H groups in total. The molecular weight excluding hydrogens is 345 g/mol. The van der Waals surface area contributed by atoms with Gasteiger partial charge in [0.25, 0.3) is 0 Å². The zero-order valence-corrected chi connectivity index (χ0v) is 14.3. The summed E-state index contributed by atoms with van der Waals surface area (Å²) in [5, 5.41) is 4.90. The topological polar surface area (TPSA) is 39.1 Å². The van der Waals surface area contributed by atoms with Crippen LogP contribution in [0, 0.1) is 0 Å². The van der Waals surface area contributed by atoms with Crippen LogP contribution in [0.4, 0.5) is 0 Å². The number of benzene rings is 2. The fourth-order valence-corrected chi connectivity index (χ4v) is 3.26. The van der Waals surface area contributed by atoms with E-state index < -0.39 is 0 Å². The molecule has 1 aromatic heterocycles. The number of hydrogen-bond donors (Lipinski definition) is 1. The van der Waals surface area contributed by atoms with Gasteiger partial charge in [-0.3, -0.25) is 0 Å². The lowest BCUT2D eigenvalue weighted by molar-refractivity contribution is 0.424. The Hall–Kier alpha value is -2.01. The zero-order valence-electron chi connectivity index (χ0n) is 12.7. The van der Waals surface area contributed by atoms with Gasteiger partial charge >= 0.3 is 0 Å². The number of ether oxygens (including phenoxy) is 1. The number of fused-ring (bicyclic) bond motifs is 2. The van der Waals surface area contributed by atoms with Gasteiger partial charge in [-0.2, -0.15) is 0 Å². The SMILES string of the molecule is Clc1ccc2c(c1)Oc1cc(Cl)ccc1C2NCCn1ccnc1. The molecule has 1 aliphatic rings. The van der Waals surface area contributed by atoms with Crippen LogP contribution in [0.2, 0.25) is 10.0 Å². The number of halogens is 2. The minimum absolute atomic E-state index is 0.0294. The maximum Gasteiger partial charge on any atom is 0.134 e. The first-order valence-corrected chi connectivity index (χ1v) is 8.42. The van der Waals surface area contributed by atoms with Gasteiger partial charge in [0.15, 0.2) is 0 Å². The lowest BCUT2D eigenvalue weighted by Crippen LogP contribution is -2.28. The molecule has 0 fully saturated rings. The lowest BCUT2D eigenvalue weighted by Gasteiger charge is -2.29. The smallest absolute Gasteiger partial charge is 0.134 e. The second-order valence-electron chi connectivity index (χ2n) is 5.65. The molecule has 3 aromatic rings. The first-order valence-electron chi connectivity index (χ1n) is 7.66. The third-order valence-corrected chi connectivity index (χ3v) is 4.54. The van der Waals surface area contributed by atoms with Gasteiger partial charge in [0, 0.05) is 46.7 Å². The molecule has 0 saturated carbocycles. The summed E-state index contributed by atoms with van der Waals surface area (Å²) >= 11 is 12.2. The number of nitrogens with zero attached hydrogens (tertiary/aromatic N) is 2. The Balaban J connectivity index is 1.64. The van der Waals surface area contributed by atoms with Crippen molar-refractivity contribution in [2.24, 2.45) is 0 Å². The van der Waals surface area contributed by atoms with Gasteiger partial charge < -0.3 is 14.6 Å². The van der Waals surface area contributed by atoms with Gasteiger partial charge in [0.05, 0.1) is 12.4 Å². The molecule has 2 heterocycles. The molecule has 0 unspecified atom stereocenters. The molecule has 2 aromatic carbocycles. The quantitative estimate of drug-likeness (QED) is 0.735. The summed E-state index contributed by atoms with van der Waals surface area (Å²) in [5.74, 6) is 1.52. The number of aromatic nitrogens is 2. The van der Waals surface area contributed by atoms with Crippen LogP contribution in [-0.4, -0.2) is 16.1 Å². The fourth-order valence-electron chi connectivity index (χ4n) is 2.93. The summed E-state index contributed by atoms with van der Waals surface area (Å²) in [5.41, 5.74) is 2.14. The predicted molar refractivity (Wildman–Crippen MR) is 95.1 cm³/mol. The molecule has 1 aliphatic heterocycles. The lowest BCUT2D eigenvalue weighted by atomic mass is 9.94. The van der Waals surface area contributed by atoms with E-state index in [2.05, 4.69) is 10.3 Å². The van der Waals surface area contributed by atoms with Crippen molar-refractivity contribution in [3.8, 4) is 11.5 Å². The highest BCUT2D eigenvalue weighted by Gasteiger charge is 2.27. The van der Waals surface area contributed by atoms with Crippen molar-refractivity contribution in [3.63, 3.8) is 0 Å². The summed E-state index contributed by atoms with van der Waals surface area (Å²) in [4.78, 5) is 4.06. The van der Waals surface area contributed by atoms with Gasteiger partial charge in [-0.25, -0.2) is 4.98 Å². The van der Waals surface area contributed by atoms with Crippen molar-refractivity contribution in [3.05, 3.63) is 76.3 Å². The molecule has 0 bridgehead atoms. The zero-order chi connectivity index (χ0) is 16.5. The summed E-state index contributed by atoms with van der Waals surface area (Å²) in [6.07, 6.45) is 5.54.